The van der Waals surface area contributed by atoms with Crippen LogP contribution in [0.5, 0.6) is 0 Å². The average molecular weight is 283 g/mol. The van der Waals surface area contributed by atoms with E-state index in [0.29, 0.717) is 6.42 Å². The van der Waals surface area contributed by atoms with E-state index in [1.807, 2.05) is 44.2 Å². The number of rotatable bonds is 3. The minimum absolute atomic E-state index is 0.0313. The predicted octanol–water partition coefficient (Wildman–Crippen LogP) is 3.57. The van der Waals surface area contributed by atoms with Gasteiger partial charge in [0.1, 0.15) is 0 Å². The Labute approximate surface area is 121 Å². The molecule has 2 N–H and O–H groups in total. The Kier molecular flexibility index (Phi) is 8.52. The highest BCUT2D eigenvalue weighted by Gasteiger charge is 2.06. The van der Waals surface area contributed by atoms with Gasteiger partial charge in [-0.3, -0.25) is 9.93 Å². The van der Waals surface area contributed by atoms with Crippen LogP contribution in [0.2, 0.25) is 0 Å². The molecule has 0 saturated heterocycles. The first-order valence-electron chi connectivity index (χ1n) is 6.36. The normalized spacial score (nSPS) is 10.7. The van der Waals surface area contributed by atoms with Crippen LogP contribution in [0.25, 0.3) is 0 Å². The fraction of sp³-hybridized carbons (Fsp3) is 0.533. The quantitative estimate of drug-likeness (QED) is 0.680. The summed E-state index contributed by atoms with van der Waals surface area (Å²) in [7, 11) is 0. The maximum absolute atomic E-state index is 11.2. The number of hydrogen-bond donors (Lipinski definition) is 1. The first-order valence-corrected chi connectivity index (χ1v) is 7.24. The minimum Gasteiger partial charge on any atom is -0.463 e. The molecular weight excluding hydrogens is 258 g/mol. The number of nitrogens with two attached hydrogens (primary N) is 1. The molecule has 1 rings (SSSR count). The van der Waals surface area contributed by atoms with E-state index in [4.69, 9.17) is 9.88 Å². The van der Waals surface area contributed by atoms with Crippen molar-refractivity contribution >= 4 is 17.9 Å². The van der Waals surface area contributed by atoms with Gasteiger partial charge in [-0.2, -0.15) is 0 Å². The van der Waals surface area contributed by atoms with Crippen molar-refractivity contribution < 1.29 is 9.53 Å². The third-order valence-electron chi connectivity index (χ3n) is 1.91. The van der Waals surface area contributed by atoms with Crippen molar-refractivity contribution in [3.05, 3.63) is 35.9 Å². The number of carbonyl (C=O) groups excluding carboxylic acids is 1. The lowest BCUT2D eigenvalue weighted by atomic mass is 10.2. The SMILES string of the molecule is CC(C)(C)SN.CC(C)OC(=O)Cc1ccccc1. The van der Waals surface area contributed by atoms with E-state index in [-0.39, 0.29) is 16.8 Å². The van der Waals surface area contributed by atoms with Crippen LogP contribution in [-0.2, 0) is 16.0 Å². The monoisotopic (exact) mass is 283 g/mol. The zero-order chi connectivity index (χ0) is 14.9. The van der Waals surface area contributed by atoms with Crippen molar-refractivity contribution in [2.75, 3.05) is 0 Å². The summed E-state index contributed by atoms with van der Waals surface area (Å²) in [6, 6.07) is 9.59. The van der Waals surface area contributed by atoms with Crippen LogP contribution in [0.1, 0.15) is 40.2 Å². The van der Waals surface area contributed by atoms with Crippen LogP contribution in [0.15, 0.2) is 30.3 Å². The molecule has 0 aromatic heterocycles. The van der Waals surface area contributed by atoms with Gasteiger partial charge >= 0.3 is 5.97 Å². The Morgan fingerprint density at radius 1 is 1.26 bits per heavy atom. The first kappa shape index (κ1) is 18.0. The summed E-state index contributed by atoms with van der Waals surface area (Å²) in [5.41, 5.74) is 0.994. The van der Waals surface area contributed by atoms with Crippen LogP contribution >= 0.6 is 11.9 Å². The molecule has 108 valence electrons. The Balaban J connectivity index is 0.000000459. The predicted molar refractivity (Wildman–Crippen MR) is 82.9 cm³/mol. The molecule has 0 amide bonds. The van der Waals surface area contributed by atoms with Crippen molar-refractivity contribution in [1.82, 2.24) is 0 Å². The lowest BCUT2D eigenvalue weighted by Crippen LogP contribution is -2.13. The van der Waals surface area contributed by atoms with Gasteiger partial charge in [0.25, 0.3) is 0 Å². The highest BCUT2D eigenvalue weighted by molar-refractivity contribution is 7.98. The molecule has 4 heteroatoms. The maximum atomic E-state index is 11.2. The molecule has 3 nitrogen and oxygen atoms in total. The lowest BCUT2D eigenvalue weighted by Gasteiger charge is -2.11. The molecule has 0 atom stereocenters. The summed E-state index contributed by atoms with van der Waals surface area (Å²) in [6.07, 6.45) is 0.329. The largest absolute Gasteiger partial charge is 0.463 e. The van der Waals surface area contributed by atoms with Crippen LogP contribution in [0.3, 0.4) is 0 Å². The zero-order valence-electron chi connectivity index (χ0n) is 12.5. The van der Waals surface area contributed by atoms with Crippen molar-refractivity contribution in [2.24, 2.45) is 5.14 Å². The molecule has 19 heavy (non-hydrogen) atoms. The summed E-state index contributed by atoms with van der Waals surface area (Å²) in [5.74, 6) is -0.166. The van der Waals surface area contributed by atoms with Gasteiger partial charge in [0.05, 0.1) is 12.5 Å². The van der Waals surface area contributed by atoms with Gasteiger partial charge in [-0.05, 0) is 40.2 Å². The molecular formula is C15H25NO2S. The topological polar surface area (TPSA) is 52.3 Å². The molecule has 1 aromatic rings. The van der Waals surface area contributed by atoms with Crippen molar-refractivity contribution in [2.45, 2.75) is 51.9 Å². The molecule has 0 saturated carbocycles. The number of esters is 1. The standard InChI is InChI=1S/C11H14O2.C4H11NS/c1-9(2)13-11(12)8-10-6-4-3-5-7-10;1-4(2,3)6-5/h3-7,9H,8H2,1-2H3;5H2,1-3H3. The Morgan fingerprint density at radius 3 is 2.11 bits per heavy atom. The maximum Gasteiger partial charge on any atom is 0.310 e. The van der Waals surface area contributed by atoms with E-state index in [0.717, 1.165) is 5.56 Å². The van der Waals surface area contributed by atoms with Crippen LogP contribution in [-0.4, -0.2) is 16.8 Å². The molecule has 0 fully saturated rings. The van der Waals surface area contributed by atoms with E-state index < -0.39 is 0 Å². The third-order valence-corrected chi connectivity index (χ3v) is 2.62. The average Bonchev–Trinajstić information content (AvgIpc) is 2.29. The molecule has 0 aliphatic carbocycles. The van der Waals surface area contributed by atoms with Gasteiger partial charge in [0, 0.05) is 4.75 Å². The lowest BCUT2D eigenvalue weighted by molar-refractivity contribution is -0.146. The number of ether oxygens (including phenoxy) is 1. The second-order valence-corrected chi connectivity index (χ2v) is 6.89. The first-order chi connectivity index (χ1) is 8.74. The van der Waals surface area contributed by atoms with Crippen LogP contribution < -0.4 is 5.14 Å². The van der Waals surface area contributed by atoms with Crippen molar-refractivity contribution in [1.29, 1.82) is 0 Å². The summed E-state index contributed by atoms with van der Waals surface area (Å²) in [4.78, 5) is 11.2. The third kappa shape index (κ3) is 11.8. The second-order valence-electron chi connectivity index (χ2n) is 5.43. The molecule has 0 radical (unpaired) electrons. The molecule has 0 spiro atoms. The summed E-state index contributed by atoms with van der Waals surface area (Å²) in [6.45, 7) is 9.94. The highest BCUT2D eigenvalue weighted by Crippen LogP contribution is 2.15. The summed E-state index contributed by atoms with van der Waals surface area (Å²) >= 11 is 1.38. The number of benzene rings is 1. The van der Waals surface area contributed by atoms with Gasteiger partial charge < -0.3 is 4.74 Å². The Bertz CT molecular complexity index is 358. The van der Waals surface area contributed by atoms with Crippen molar-refractivity contribution in [3.63, 3.8) is 0 Å². The summed E-state index contributed by atoms with van der Waals surface area (Å²) in [5, 5.41) is 5.22. The van der Waals surface area contributed by atoms with Crippen LogP contribution in [0, 0.1) is 0 Å². The highest BCUT2D eigenvalue weighted by atomic mass is 32.2. The molecule has 0 bridgehead atoms. The van der Waals surface area contributed by atoms with E-state index >= 15 is 0 Å². The second kappa shape index (κ2) is 8.99. The molecule has 0 heterocycles. The van der Waals surface area contributed by atoms with E-state index in [2.05, 4.69) is 20.8 Å². The van der Waals surface area contributed by atoms with Crippen molar-refractivity contribution in [3.8, 4) is 0 Å². The summed E-state index contributed by atoms with van der Waals surface area (Å²) < 4.78 is 5.25. The van der Waals surface area contributed by atoms with Gasteiger partial charge in [-0.15, -0.1) is 0 Å². The van der Waals surface area contributed by atoms with E-state index in [1.165, 1.54) is 11.9 Å². The van der Waals surface area contributed by atoms with Gasteiger partial charge in [0.2, 0.25) is 0 Å². The fourth-order valence-corrected chi connectivity index (χ4v) is 1.07. The van der Waals surface area contributed by atoms with E-state index in [9.17, 15) is 4.79 Å². The molecule has 0 aliphatic rings. The molecule has 0 unspecified atom stereocenters. The fourth-order valence-electron chi connectivity index (χ4n) is 1.07. The van der Waals surface area contributed by atoms with Crippen LogP contribution in [0.4, 0.5) is 0 Å². The van der Waals surface area contributed by atoms with Gasteiger partial charge in [0.15, 0.2) is 0 Å². The minimum atomic E-state index is -0.166. The molecule has 0 aliphatic heterocycles. The Morgan fingerprint density at radius 2 is 1.74 bits per heavy atom. The number of hydrogen-bond acceptors (Lipinski definition) is 4. The zero-order valence-corrected chi connectivity index (χ0v) is 13.3. The smallest absolute Gasteiger partial charge is 0.310 e. The van der Waals surface area contributed by atoms with Gasteiger partial charge in [-0.1, -0.05) is 42.3 Å². The number of carbonyl (C=O) groups is 1. The van der Waals surface area contributed by atoms with Gasteiger partial charge in [-0.25, -0.2) is 0 Å². The van der Waals surface area contributed by atoms with E-state index in [1.54, 1.807) is 0 Å². The Hall–Kier alpha value is -1.00. The molecule has 1 aromatic carbocycles.